The van der Waals surface area contributed by atoms with Crippen LogP contribution < -0.4 is 5.32 Å². The van der Waals surface area contributed by atoms with Crippen molar-refractivity contribution in [3.8, 4) is 0 Å². The van der Waals surface area contributed by atoms with E-state index in [-0.39, 0.29) is 16.5 Å². The highest BCUT2D eigenvalue weighted by atomic mass is 16.6. The highest BCUT2D eigenvalue weighted by Crippen LogP contribution is 2.30. The van der Waals surface area contributed by atoms with Crippen molar-refractivity contribution in [2.75, 3.05) is 5.32 Å². The maximum absolute atomic E-state index is 12.4. The standard InChI is InChI=1S/C19H21N3O5/c1-12-16(21(24)25)9-14(10-17(12)22(26)27)18(23)20-15-7-5-13(6-8-15)11-19(2,3)4/h5-10H,11H2,1-4H3,(H,20,23). The second kappa shape index (κ2) is 7.53. The van der Waals surface area contributed by atoms with Crippen molar-refractivity contribution in [3.05, 3.63) is 73.3 Å². The van der Waals surface area contributed by atoms with Crippen LogP contribution in [0.25, 0.3) is 0 Å². The number of nitrogens with zero attached hydrogens (tertiary/aromatic N) is 2. The average molecular weight is 371 g/mol. The van der Waals surface area contributed by atoms with Gasteiger partial charge in [0.15, 0.2) is 0 Å². The summed E-state index contributed by atoms with van der Waals surface area (Å²) in [6.45, 7) is 7.66. The van der Waals surface area contributed by atoms with Gasteiger partial charge in [-0.3, -0.25) is 25.0 Å². The van der Waals surface area contributed by atoms with Crippen molar-refractivity contribution < 1.29 is 14.6 Å². The zero-order chi connectivity index (χ0) is 20.4. The van der Waals surface area contributed by atoms with E-state index in [1.54, 1.807) is 12.1 Å². The SMILES string of the molecule is Cc1c([N+](=O)[O-])cc(C(=O)Nc2ccc(CC(C)(C)C)cc2)cc1[N+](=O)[O-]. The molecule has 1 amide bonds. The number of hydrogen-bond acceptors (Lipinski definition) is 5. The minimum Gasteiger partial charge on any atom is -0.322 e. The average Bonchev–Trinajstić information content (AvgIpc) is 2.54. The summed E-state index contributed by atoms with van der Waals surface area (Å²) in [4.78, 5) is 33.2. The van der Waals surface area contributed by atoms with Gasteiger partial charge < -0.3 is 5.32 Å². The molecule has 0 aliphatic rings. The molecule has 0 heterocycles. The number of anilines is 1. The van der Waals surface area contributed by atoms with Gasteiger partial charge in [0.25, 0.3) is 17.3 Å². The van der Waals surface area contributed by atoms with Gasteiger partial charge in [-0.25, -0.2) is 0 Å². The molecular weight excluding hydrogens is 350 g/mol. The van der Waals surface area contributed by atoms with Crippen LogP contribution in [0.4, 0.5) is 17.1 Å². The first kappa shape index (κ1) is 20.0. The first-order valence-electron chi connectivity index (χ1n) is 8.31. The van der Waals surface area contributed by atoms with Crippen LogP contribution in [0.15, 0.2) is 36.4 Å². The number of nitro groups is 2. The van der Waals surface area contributed by atoms with E-state index in [9.17, 15) is 25.0 Å². The maximum Gasteiger partial charge on any atom is 0.279 e. The van der Waals surface area contributed by atoms with E-state index in [1.807, 2.05) is 12.1 Å². The van der Waals surface area contributed by atoms with Crippen LogP contribution in [-0.2, 0) is 6.42 Å². The van der Waals surface area contributed by atoms with Gasteiger partial charge in [0.2, 0.25) is 0 Å². The highest BCUT2D eigenvalue weighted by molar-refractivity contribution is 6.05. The Morgan fingerprint density at radius 2 is 1.48 bits per heavy atom. The minimum absolute atomic E-state index is 0.0897. The molecule has 2 rings (SSSR count). The van der Waals surface area contributed by atoms with Crippen molar-refractivity contribution >= 4 is 23.0 Å². The Bertz CT molecular complexity index is 864. The van der Waals surface area contributed by atoms with Gasteiger partial charge in [-0.1, -0.05) is 32.9 Å². The lowest BCUT2D eigenvalue weighted by atomic mass is 9.88. The number of rotatable bonds is 5. The number of amides is 1. The molecule has 0 bridgehead atoms. The lowest BCUT2D eigenvalue weighted by Gasteiger charge is -2.18. The highest BCUT2D eigenvalue weighted by Gasteiger charge is 2.25. The summed E-state index contributed by atoms with van der Waals surface area (Å²) in [5, 5.41) is 24.9. The summed E-state index contributed by atoms with van der Waals surface area (Å²) in [6, 6.07) is 9.34. The lowest BCUT2D eigenvalue weighted by molar-refractivity contribution is -0.395. The number of carbonyl (C=O) groups excluding carboxylic acids is 1. The van der Waals surface area contributed by atoms with Gasteiger partial charge in [0.1, 0.15) is 5.56 Å². The van der Waals surface area contributed by atoms with Gasteiger partial charge in [-0.2, -0.15) is 0 Å². The predicted octanol–water partition coefficient (Wildman–Crippen LogP) is 4.65. The second-order valence-electron chi connectivity index (χ2n) is 7.54. The largest absolute Gasteiger partial charge is 0.322 e. The number of nitro benzene ring substituents is 2. The van der Waals surface area contributed by atoms with E-state index < -0.39 is 27.1 Å². The monoisotopic (exact) mass is 371 g/mol. The van der Waals surface area contributed by atoms with Crippen molar-refractivity contribution in [2.24, 2.45) is 5.41 Å². The Balaban J connectivity index is 2.28. The zero-order valence-corrected chi connectivity index (χ0v) is 15.6. The Hall–Kier alpha value is -3.29. The summed E-state index contributed by atoms with van der Waals surface area (Å²) >= 11 is 0. The summed E-state index contributed by atoms with van der Waals surface area (Å²) in [6.07, 6.45) is 0.873. The number of nitrogens with one attached hydrogen (secondary N) is 1. The van der Waals surface area contributed by atoms with Crippen LogP contribution >= 0.6 is 0 Å². The third kappa shape index (κ3) is 5.10. The molecule has 0 fully saturated rings. The first-order chi connectivity index (χ1) is 12.5. The van der Waals surface area contributed by atoms with E-state index >= 15 is 0 Å². The molecule has 0 aliphatic carbocycles. The molecule has 0 atom stereocenters. The van der Waals surface area contributed by atoms with Crippen LogP contribution in [0.5, 0.6) is 0 Å². The van der Waals surface area contributed by atoms with Crippen molar-refractivity contribution in [1.82, 2.24) is 0 Å². The van der Waals surface area contributed by atoms with E-state index in [4.69, 9.17) is 0 Å². The van der Waals surface area contributed by atoms with E-state index in [0.717, 1.165) is 24.1 Å². The molecule has 0 radical (unpaired) electrons. The topological polar surface area (TPSA) is 115 Å². The molecule has 8 nitrogen and oxygen atoms in total. The summed E-state index contributed by atoms with van der Waals surface area (Å²) < 4.78 is 0. The van der Waals surface area contributed by atoms with Crippen LogP contribution in [0.1, 0.15) is 42.3 Å². The summed E-state index contributed by atoms with van der Waals surface area (Å²) in [7, 11) is 0. The molecular formula is C19H21N3O5. The summed E-state index contributed by atoms with van der Waals surface area (Å²) in [5.41, 5.74) is 0.589. The molecule has 2 aromatic rings. The normalized spacial score (nSPS) is 11.1. The zero-order valence-electron chi connectivity index (χ0n) is 15.6. The van der Waals surface area contributed by atoms with Gasteiger partial charge in [-0.05, 0) is 36.5 Å². The molecule has 1 N–H and O–H groups in total. The molecule has 8 heteroatoms. The number of carbonyl (C=O) groups is 1. The fourth-order valence-electron chi connectivity index (χ4n) is 2.72. The van der Waals surface area contributed by atoms with Crippen LogP contribution in [0.2, 0.25) is 0 Å². The van der Waals surface area contributed by atoms with Gasteiger partial charge >= 0.3 is 0 Å². The van der Waals surface area contributed by atoms with Crippen LogP contribution in [-0.4, -0.2) is 15.8 Å². The van der Waals surface area contributed by atoms with Gasteiger partial charge in [-0.15, -0.1) is 0 Å². The summed E-state index contributed by atoms with van der Waals surface area (Å²) in [5.74, 6) is -0.648. The number of hydrogen-bond donors (Lipinski definition) is 1. The van der Waals surface area contributed by atoms with Gasteiger partial charge in [0, 0.05) is 17.8 Å². The van der Waals surface area contributed by atoms with Crippen LogP contribution in [0.3, 0.4) is 0 Å². The molecule has 0 saturated carbocycles. The van der Waals surface area contributed by atoms with E-state index in [2.05, 4.69) is 26.1 Å². The fourth-order valence-corrected chi connectivity index (χ4v) is 2.72. The first-order valence-corrected chi connectivity index (χ1v) is 8.31. The molecule has 2 aromatic carbocycles. The smallest absolute Gasteiger partial charge is 0.279 e. The number of benzene rings is 2. The predicted molar refractivity (Wildman–Crippen MR) is 102 cm³/mol. The lowest BCUT2D eigenvalue weighted by Crippen LogP contribution is -2.13. The molecule has 0 aromatic heterocycles. The van der Waals surface area contributed by atoms with Crippen molar-refractivity contribution in [2.45, 2.75) is 34.1 Å². The van der Waals surface area contributed by atoms with Crippen molar-refractivity contribution in [1.29, 1.82) is 0 Å². The molecule has 0 spiro atoms. The van der Waals surface area contributed by atoms with Crippen molar-refractivity contribution in [3.63, 3.8) is 0 Å². The van der Waals surface area contributed by atoms with E-state index in [1.165, 1.54) is 6.92 Å². The molecule has 27 heavy (non-hydrogen) atoms. The van der Waals surface area contributed by atoms with Crippen LogP contribution in [0, 0.1) is 32.6 Å². The Morgan fingerprint density at radius 3 is 1.89 bits per heavy atom. The third-order valence-electron chi connectivity index (χ3n) is 3.95. The quantitative estimate of drug-likeness (QED) is 0.606. The molecule has 0 saturated heterocycles. The second-order valence-corrected chi connectivity index (χ2v) is 7.54. The molecule has 0 unspecified atom stereocenters. The Morgan fingerprint density at radius 1 is 1.00 bits per heavy atom. The minimum atomic E-state index is -0.736. The Labute approximate surface area is 156 Å². The van der Waals surface area contributed by atoms with Gasteiger partial charge in [0.05, 0.1) is 15.4 Å². The molecule has 0 aliphatic heterocycles. The Kier molecular flexibility index (Phi) is 5.58. The maximum atomic E-state index is 12.4. The fraction of sp³-hybridized carbons (Fsp3) is 0.316. The third-order valence-corrected chi connectivity index (χ3v) is 3.95. The van der Waals surface area contributed by atoms with E-state index in [0.29, 0.717) is 5.69 Å². The molecule has 142 valence electrons.